The number of nitrogens with zero attached hydrogens (tertiary/aromatic N) is 1. The molecule has 1 aromatic rings. The summed E-state index contributed by atoms with van der Waals surface area (Å²) < 4.78 is 10.9. The Bertz CT molecular complexity index is 536. The molecule has 0 bridgehead atoms. The van der Waals surface area contributed by atoms with Gasteiger partial charge < -0.3 is 19.5 Å². The molecule has 1 heterocycles. The van der Waals surface area contributed by atoms with Crippen molar-refractivity contribution in [3.05, 3.63) is 28.7 Å². The lowest BCUT2D eigenvalue weighted by Gasteiger charge is -2.22. The predicted octanol–water partition coefficient (Wildman–Crippen LogP) is 0.963. The molecule has 0 saturated carbocycles. The molecule has 7 heteroatoms. The van der Waals surface area contributed by atoms with E-state index in [1.54, 1.807) is 18.2 Å². The van der Waals surface area contributed by atoms with Crippen LogP contribution in [-0.2, 0) is 14.3 Å². The van der Waals surface area contributed by atoms with Crippen LogP contribution in [0, 0.1) is 0 Å². The second kappa shape index (κ2) is 6.91. The Kier molecular flexibility index (Phi) is 5.19. The van der Waals surface area contributed by atoms with Gasteiger partial charge in [0.2, 0.25) is 0 Å². The normalized spacial score (nSPS) is 21.2. The van der Waals surface area contributed by atoms with Crippen LogP contribution in [0.4, 0.5) is 0 Å². The number of amides is 1. The van der Waals surface area contributed by atoms with Crippen molar-refractivity contribution < 1.29 is 24.2 Å². The van der Waals surface area contributed by atoms with E-state index in [2.05, 4.69) is 20.7 Å². The van der Waals surface area contributed by atoms with Gasteiger partial charge in [-0.15, -0.1) is 0 Å². The smallest absolute Gasteiger partial charge is 0.328 e. The maximum absolute atomic E-state index is 12.2. The van der Waals surface area contributed by atoms with Crippen molar-refractivity contribution in [3.8, 4) is 5.75 Å². The molecule has 1 aliphatic heterocycles. The number of rotatable bonds is 4. The summed E-state index contributed by atoms with van der Waals surface area (Å²) in [6, 6.07) is 6.36. The second-order valence-electron chi connectivity index (χ2n) is 4.72. The summed E-state index contributed by atoms with van der Waals surface area (Å²) in [5.74, 6) is -0.337. The molecule has 0 radical (unpaired) electrons. The summed E-state index contributed by atoms with van der Waals surface area (Å²) in [5.41, 5.74) is 0. The minimum Gasteiger partial charge on any atom is -0.484 e. The number of halogens is 1. The molecule has 1 saturated heterocycles. The highest BCUT2D eigenvalue weighted by molar-refractivity contribution is 9.10. The van der Waals surface area contributed by atoms with Crippen LogP contribution in [0.5, 0.6) is 5.75 Å². The topological polar surface area (TPSA) is 76.1 Å². The molecule has 21 heavy (non-hydrogen) atoms. The summed E-state index contributed by atoms with van der Waals surface area (Å²) in [4.78, 5) is 25.1. The fourth-order valence-corrected chi connectivity index (χ4v) is 2.61. The van der Waals surface area contributed by atoms with Crippen LogP contribution in [0.25, 0.3) is 0 Å². The molecule has 0 aromatic heterocycles. The third-order valence-corrected chi connectivity index (χ3v) is 3.72. The van der Waals surface area contributed by atoms with Gasteiger partial charge in [-0.05, 0) is 18.2 Å². The summed E-state index contributed by atoms with van der Waals surface area (Å²) in [6.07, 6.45) is -0.529. The van der Waals surface area contributed by atoms with Crippen molar-refractivity contribution in [1.82, 2.24) is 4.90 Å². The first-order valence-electron chi connectivity index (χ1n) is 6.45. The van der Waals surface area contributed by atoms with Crippen LogP contribution in [0.15, 0.2) is 28.7 Å². The maximum atomic E-state index is 12.2. The van der Waals surface area contributed by atoms with E-state index in [1.807, 2.05) is 6.07 Å². The number of aliphatic hydroxyl groups is 1. The molecule has 1 fully saturated rings. The van der Waals surface area contributed by atoms with Gasteiger partial charge in [0.05, 0.1) is 13.2 Å². The lowest BCUT2D eigenvalue weighted by molar-refractivity contribution is -0.151. The highest BCUT2D eigenvalue weighted by Crippen LogP contribution is 2.21. The number of hydrogen-bond acceptors (Lipinski definition) is 5. The van der Waals surface area contributed by atoms with Crippen LogP contribution >= 0.6 is 15.9 Å². The largest absolute Gasteiger partial charge is 0.484 e. The highest BCUT2D eigenvalue weighted by atomic mass is 79.9. The van der Waals surface area contributed by atoms with Crippen molar-refractivity contribution in [1.29, 1.82) is 0 Å². The number of β-amino-alcohol motifs (C(OH)–C–C–N with tert-alkyl or cyclic N) is 1. The Morgan fingerprint density at radius 2 is 2.24 bits per heavy atom. The van der Waals surface area contributed by atoms with Gasteiger partial charge in [-0.2, -0.15) is 0 Å². The van der Waals surface area contributed by atoms with E-state index in [0.29, 0.717) is 5.75 Å². The third-order valence-electron chi connectivity index (χ3n) is 3.23. The van der Waals surface area contributed by atoms with E-state index in [0.717, 1.165) is 4.47 Å². The Hall–Kier alpha value is -1.60. The summed E-state index contributed by atoms with van der Waals surface area (Å²) in [6.45, 7) is -0.0862. The zero-order valence-corrected chi connectivity index (χ0v) is 13.1. The van der Waals surface area contributed by atoms with E-state index >= 15 is 0 Å². The summed E-state index contributed by atoms with van der Waals surface area (Å²) in [7, 11) is 1.26. The van der Waals surface area contributed by atoms with Gasteiger partial charge >= 0.3 is 5.97 Å². The average molecular weight is 358 g/mol. The first-order valence-corrected chi connectivity index (χ1v) is 7.24. The van der Waals surface area contributed by atoms with Gasteiger partial charge in [-0.1, -0.05) is 22.0 Å². The van der Waals surface area contributed by atoms with Crippen LogP contribution in [0.1, 0.15) is 6.42 Å². The lowest BCUT2D eigenvalue weighted by atomic mass is 10.2. The first kappa shape index (κ1) is 15.8. The lowest BCUT2D eigenvalue weighted by Crippen LogP contribution is -2.43. The molecule has 0 spiro atoms. The zero-order chi connectivity index (χ0) is 15.4. The fourth-order valence-electron chi connectivity index (χ4n) is 2.23. The van der Waals surface area contributed by atoms with E-state index in [1.165, 1.54) is 12.0 Å². The van der Waals surface area contributed by atoms with E-state index in [9.17, 15) is 14.7 Å². The van der Waals surface area contributed by atoms with Gasteiger partial charge in [0, 0.05) is 17.4 Å². The van der Waals surface area contributed by atoms with E-state index in [4.69, 9.17) is 4.74 Å². The van der Waals surface area contributed by atoms with Crippen LogP contribution in [0.3, 0.4) is 0 Å². The number of ether oxygens (including phenoxy) is 2. The Morgan fingerprint density at radius 3 is 2.90 bits per heavy atom. The number of carbonyl (C=O) groups excluding carboxylic acids is 2. The van der Waals surface area contributed by atoms with Gasteiger partial charge in [-0.3, -0.25) is 4.79 Å². The molecular weight excluding hydrogens is 342 g/mol. The number of carbonyl (C=O) groups is 2. The van der Waals surface area contributed by atoms with Crippen molar-refractivity contribution >= 4 is 27.8 Å². The SMILES string of the molecule is COC(=O)C1CC(O)CN1C(=O)COc1cccc(Br)c1. The van der Waals surface area contributed by atoms with Gasteiger partial charge in [0.25, 0.3) is 5.91 Å². The summed E-state index contributed by atoms with van der Waals surface area (Å²) in [5, 5.41) is 9.64. The Labute approximate surface area is 130 Å². The third kappa shape index (κ3) is 3.95. The molecule has 6 nitrogen and oxygen atoms in total. The first-order chi connectivity index (χ1) is 10.0. The quantitative estimate of drug-likeness (QED) is 0.812. The Morgan fingerprint density at radius 1 is 1.48 bits per heavy atom. The van der Waals surface area contributed by atoms with Crippen LogP contribution in [0.2, 0.25) is 0 Å². The van der Waals surface area contributed by atoms with Crippen LogP contribution in [-0.4, -0.2) is 54.3 Å². The summed E-state index contributed by atoms with van der Waals surface area (Å²) >= 11 is 3.31. The zero-order valence-electron chi connectivity index (χ0n) is 11.5. The molecule has 1 amide bonds. The van der Waals surface area contributed by atoms with Crippen molar-refractivity contribution in [2.45, 2.75) is 18.6 Å². The number of hydrogen-bond donors (Lipinski definition) is 1. The monoisotopic (exact) mass is 357 g/mol. The molecule has 1 aromatic carbocycles. The Balaban J connectivity index is 1.97. The molecule has 114 valence electrons. The second-order valence-corrected chi connectivity index (χ2v) is 5.64. The number of esters is 1. The number of benzene rings is 1. The molecular formula is C14H16BrNO5. The average Bonchev–Trinajstić information content (AvgIpc) is 2.86. The highest BCUT2D eigenvalue weighted by Gasteiger charge is 2.39. The number of likely N-dealkylation sites (tertiary alicyclic amines) is 1. The van der Waals surface area contributed by atoms with Crippen molar-refractivity contribution in [3.63, 3.8) is 0 Å². The van der Waals surface area contributed by atoms with E-state index < -0.39 is 18.1 Å². The number of aliphatic hydroxyl groups excluding tert-OH is 1. The van der Waals surface area contributed by atoms with Gasteiger partial charge in [-0.25, -0.2) is 4.79 Å². The molecule has 0 aliphatic carbocycles. The molecule has 1 N–H and O–H groups in total. The van der Waals surface area contributed by atoms with E-state index in [-0.39, 0.29) is 25.5 Å². The maximum Gasteiger partial charge on any atom is 0.328 e. The number of methoxy groups -OCH3 is 1. The van der Waals surface area contributed by atoms with Crippen molar-refractivity contribution in [2.75, 3.05) is 20.3 Å². The van der Waals surface area contributed by atoms with Crippen LogP contribution < -0.4 is 4.74 Å². The minimum atomic E-state index is -0.747. The molecule has 2 rings (SSSR count). The fraction of sp³-hybridized carbons (Fsp3) is 0.429. The minimum absolute atomic E-state index is 0.112. The molecule has 2 unspecified atom stereocenters. The standard InChI is InChI=1S/C14H16BrNO5/c1-20-14(19)12-6-10(17)7-16(12)13(18)8-21-11-4-2-3-9(15)5-11/h2-5,10,12,17H,6-8H2,1H3. The molecule has 2 atom stereocenters. The predicted molar refractivity (Wildman–Crippen MR) is 77.8 cm³/mol. The van der Waals surface area contributed by atoms with Gasteiger partial charge in [0.1, 0.15) is 11.8 Å². The molecule has 1 aliphatic rings. The van der Waals surface area contributed by atoms with Crippen molar-refractivity contribution in [2.24, 2.45) is 0 Å². The van der Waals surface area contributed by atoms with Gasteiger partial charge in [0.15, 0.2) is 6.61 Å².